The Morgan fingerprint density at radius 3 is 1.15 bits per heavy atom. The molecule has 0 aliphatic carbocycles. The van der Waals surface area contributed by atoms with Crippen molar-refractivity contribution in [3.63, 3.8) is 0 Å². The molecule has 2 amide bonds. The number of ether oxygens (including phenoxy) is 4. The number of benzene rings is 8. The summed E-state index contributed by atoms with van der Waals surface area (Å²) in [4.78, 5) is 63.7. The van der Waals surface area contributed by atoms with E-state index >= 15 is 0 Å². The molecule has 0 N–H and O–H groups in total. The normalized spacial score (nSPS) is 17.4. The van der Waals surface area contributed by atoms with Crippen LogP contribution in [0.25, 0.3) is 0 Å². The van der Waals surface area contributed by atoms with Crippen molar-refractivity contribution >= 4 is 57.9 Å². The van der Waals surface area contributed by atoms with E-state index in [0.717, 1.165) is 66.2 Å². The largest absolute Gasteiger partial charge is 0.456 e. The first-order valence-corrected chi connectivity index (χ1v) is 28.5. The molecule has 4 heterocycles. The van der Waals surface area contributed by atoms with Crippen molar-refractivity contribution in [2.75, 3.05) is 45.8 Å². The average molecular weight is 1090 g/mol. The molecule has 12 heteroatoms. The molecule has 8 aromatic rings. The van der Waals surface area contributed by atoms with Crippen LogP contribution in [0.4, 0.5) is 34.1 Å². The van der Waals surface area contributed by atoms with Gasteiger partial charge in [-0.1, -0.05) is 74.5 Å². The fraction of sp³-hybridized carbons (Fsp3) is 0.257. The van der Waals surface area contributed by atoms with Crippen molar-refractivity contribution in [1.29, 1.82) is 0 Å². The van der Waals surface area contributed by atoms with Gasteiger partial charge in [0.1, 0.15) is 23.0 Å². The minimum absolute atomic E-state index is 0.196. The molecule has 2 spiro atoms. The molecule has 0 radical (unpaired) electrons. The van der Waals surface area contributed by atoms with E-state index in [9.17, 15) is 19.2 Å². The number of esters is 2. The summed E-state index contributed by atoms with van der Waals surface area (Å²) in [6.07, 6.45) is 0.743. The lowest BCUT2D eigenvalue weighted by Gasteiger charge is -2.38. The third-order valence-electron chi connectivity index (χ3n) is 17.6. The predicted molar refractivity (Wildman–Crippen MR) is 321 cm³/mol. The van der Waals surface area contributed by atoms with Gasteiger partial charge in [-0.3, -0.25) is 19.4 Å². The first-order valence-electron chi connectivity index (χ1n) is 28.5. The smallest absolute Gasteiger partial charge is 0.340 e. The third-order valence-corrected chi connectivity index (χ3v) is 17.6. The standard InChI is InChI=1S/C70H66N4O8/c1-11-68(10,46-24-28-48(29-25-46)73(44(8)75)60-40-58-62(36-42(60)6)79-64-38-50(71(12-2)13-3)32-34-56(64)69(58)54-22-18-16-20-52(54)66(77)81-69)47-26-30-49(31-27-47)74(45(9)76)61-41-59-63(37-43(61)7)80-65-39-51(72(14-4)15-5)33-35-57(65)70(59)55-23-19-17-21-53(55)67(78)82-70/h16-41H,11-15H2,1-10H3. The molecular weight excluding hydrogens is 1020 g/mol. The summed E-state index contributed by atoms with van der Waals surface area (Å²) in [7, 11) is 0. The highest BCUT2D eigenvalue weighted by Crippen LogP contribution is 2.60. The number of carbonyl (C=O) groups excluding carboxylic acids is 4. The van der Waals surface area contributed by atoms with Gasteiger partial charge in [-0.2, -0.15) is 0 Å². The Balaban J connectivity index is 0.878. The number of nitrogens with zero attached hydrogens (tertiary/aromatic N) is 4. The SMILES string of the molecule is CCN(CC)c1ccc2c(c1)Oc1cc(C)c(N(C(C)=O)c3ccc(C(C)(CC)c4ccc(N(C(C)=O)c5cc6c(cc5C)Oc5cc(N(CC)CC)ccc5C65OC(=O)c6ccccc65)cc4)cc3)cc1C21OC(=O)c2ccccc21. The summed E-state index contributed by atoms with van der Waals surface area (Å²) in [5.74, 6) is 1.05. The molecule has 82 heavy (non-hydrogen) atoms. The molecule has 2 unspecified atom stereocenters. The second-order valence-corrected chi connectivity index (χ2v) is 21.9. The number of aryl methyl sites for hydroxylation is 2. The summed E-state index contributed by atoms with van der Waals surface area (Å²) in [5.41, 5.74) is 10.2. The zero-order valence-corrected chi connectivity index (χ0v) is 48.1. The van der Waals surface area contributed by atoms with Crippen LogP contribution in [-0.4, -0.2) is 49.9 Å². The van der Waals surface area contributed by atoms with Crippen molar-refractivity contribution in [1.82, 2.24) is 0 Å². The maximum Gasteiger partial charge on any atom is 0.340 e. The van der Waals surface area contributed by atoms with E-state index in [1.54, 1.807) is 35.8 Å². The maximum absolute atomic E-state index is 14.1. The van der Waals surface area contributed by atoms with Crippen molar-refractivity contribution in [3.05, 3.63) is 224 Å². The Hall–Kier alpha value is -9.16. The Kier molecular flexibility index (Phi) is 13.1. The molecule has 8 aromatic carbocycles. The molecule has 12 rings (SSSR count). The van der Waals surface area contributed by atoms with Gasteiger partial charge >= 0.3 is 11.9 Å². The van der Waals surface area contributed by atoms with Crippen molar-refractivity contribution in [3.8, 4) is 23.0 Å². The second kappa shape index (κ2) is 20.1. The van der Waals surface area contributed by atoms with Crippen LogP contribution in [0.3, 0.4) is 0 Å². The molecule has 0 saturated heterocycles. The Morgan fingerprint density at radius 2 is 0.793 bits per heavy atom. The highest BCUT2D eigenvalue weighted by Gasteiger charge is 2.56. The van der Waals surface area contributed by atoms with Crippen LogP contribution < -0.4 is 29.1 Å². The summed E-state index contributed by atoms with van der Waals surface area (Å²) < 4.78 is 26.7. The highest BCUT2D eigenvalue weighted by molar-refractivity contribution is 6.03. The summed E-state index contributed by atoms with van der Waals surface area (Å²) >= 11 is 0. The maximum atomic E-state index is 14.1. The van der Waals surface area contributed by atoms with Crippen LogP contribution in [0.1, 0.15) is 138 Å². The topological polar surface area (TPSA) is 118 Å². The fourth-order valence-electron chi connectivity index (χ4n) is 13.2. The van der Waals surface area contributed by atoms with E-state index in [0.29, 0.717) is 90.3 Å². The van der Waals surface area contributed by atoms with Gasteiger partial charge in [0, 0.05) is 114 Å². The van der Waals surface area contributed by atoms with Gasteiger partial charge in [-0.25, -0.2) is 9.59 Å². The van der Waals surface area contributed by atoms with Gasteiger partial charge in [-0.05, 0) is 155 Å². The Labute approximate surface area is 479 Å². The Morgan fingerprint density at radius 1 is 0.439 bits per heavy atom. The van der Waals surface area contributed by atoms with E-state index < -0.39 is 28.6 Å². The van der Waals surface area contributed by atoms with Crippen LogP contribution >= 0.6 is 0 Å². The molecule has 4 aliphatic heterocycles. The van der Waals surface area contributed by atoms with Crippen LogP contribution in [0.15, 0.2) is 158 Å². The average Bonchev–Trinajstić information content (AvgIpc) is 1.62. The van der Waals surface area contributed by atoms with Crippen molar-refractivity contribution in [2.24, 2.45) is 0 Å². The predicted octanol–water partition coefficient (Wildman–Crippen LogP) is 15.2. The minimum atomic E-state index is -1.33. The van der Waals surface area contributed by atoms with Crippen LogP contribution in [0, 0.1) is 13.8 Å². The monoisotopic (exact) mass is 1090 g/mol. The molecule has 4 aliphatic rings. The van der Waals surface area contributed by atoms with E-state index in [1.807, 2.05) is 135 Å². The van der Waals surface area contributed by atoms with Gasteiger partial charge in [0.05, 0.1) is 22.5 Å². The van der Waals surface area contributed by atoms with Crippen LogP contribution in [0.2, 0.25) is 0 Å². The molecule has 0 bridgehead atoms. The quantitative estimate of drug-likeness (QED) is 0.103. The zero-order chi connectivity index (χ0) is 57.6. The van der Waals surface area contributed by atoms with Crippen molar-refractivity contribution < 1.29 is 38.1 Å². The molecule has 0 fully saturated rings. The molecule has 12 nitrogen and oxygen atoms in total. The lowest BCUT2D eigenvalue weighted by atomic mass is 9.74. The number of rotatable bonds is 13. The molecular formula is C70H66N4O8. The van der Waals surface area contributed by atoms with E-state index in [1.165, 1.54) is 0 Å². The van der Waals surface area contributed by atoms with Gasteiger partial charge in [0.25, 0.3) is 0 Å². The number of fused-ring (bicyclic) bond motifs is 12. The Bertz CT molecular complexity index is 3690. The molecule has 414 valence electrons. The third kappa shape index (κ3) is 8.00. The van der Waals surface area contributed by atoms with Crippen molar-refractivity contribution in [2.45, 2.75) is 92.3 Å². The number of anilines is 6. The first kappa shape index (κ1) is 53.5. The minimum Gasteiger partial charge on any atom is -0.456 e. The highest BCUT2D eigenvalue weighted by atomic mass is 16.6. The lowest BCUT2D eigenvalue weighted by molar-refractivity contribution is -0.116. The summed E-state index contributed by atoms with van der Waals surface area (Å²) in [6.45, 7) is 23.1. The van der Waals surface area contributed by atoms with Gasteiger partial charge in [-0.15, -0.1) is 0 Å². The fourth-order valence-corrected chi connectivity index (χ4v) is 13.2. The molecule has 0 saturated carbocycles. The molecule has 0 aromatic heterocycles. The lowest BCUT2D eigenvalue weighted by Crippen LogP contribution is -2.34. The molecule has 2 atom stereocenters. The number of hydrogen-bond acceptors (Lipinski definition) is 10. The first-order chi connectivity index (χ1) is 39.5. The number of amides is 2. The van der Waals surface area contributed by atoms with Gasteiger partial charge < -0.3 is 28.7 Å². The number of hydrogen-bond donors (Lipinski definition) is 0. The van der Waals surface area contributed by atoms with Crippen LogP contribution in [0.5, 0.6) is 23.0 Å². The van der Waals surface area contributed by atoms with Gasteiger partial charge in [0.15, 0.2) is 11.2 Å². The van der Waals surface area contributed by atoms with E-state index in [4.69, 9.17) is 18.9 Å². The zero-order valence-electron chi connectivity index (χ0n) is 48.1. The number of carbonyl (C=O) groups is 4. The summed E-state index contributed by atoms with van der Waals surface area (Å²) in [6, 6.07) is 51.1. The van der Waals surface area contributed by atoms with Gasteiger partial charge in [0.2, 0.25) is 11.8 Å². The summed E-state index contributed by atoms with van der Waals surface area (Å²) in [5, 5.41) is 0. The second-order valence-electron chi connectivity index (χ2n) is 21.9. The van der Waals surface area contributed by atoms with Crippen LogP contribution in [-0.2, 0) is 35.7 Å². The van der Waals surface area contributed by atoms with E-state index in [2.05, 4.69) is 75.6 Å². The van der Waals surface area contributed by atoms with E-state index in [-0.39, 0.29) is 11.8 Å².